The maximum atomic E-state index is 6.51. The maximum Gasteiger partial charge on any atom is 0.250 e. The van der Waals surface area contributed by atoms with Crippen LogP contribution in [0, 0.1) is 6.92 Å². The van der Waals surface area contributed by atoms with Gasteiger partial charge in [0.05, 0.1) is 13.7 Å². The van der Waals surface area contributed by atoms with Gasteiger partial charge in [0, 0.05) is 17.4 Å². The Labute approximate surface area is 199 Å². The highest BCUT2D eigenvalue weighted by Gasteiger charge is 2.39. The maximum absolute atomic E-state index is 6.51. The van der Waals surface area contributed by atoms with Gasteiger partial charge in [0.2, 0.25) is 8.32 Å². The van der Waals surface area contributed by atoms with Gasteiger partial charge in [-0.25, -0.2) is 0 Å². The highest BCUT2D eigenvalue weighted by atomic mass is 28.4. The molecule has 0 radical (unpaired) electrons. The molecular weight excluding hydrogens is 424 g/mol. The summed E-state index contributed by atoms with van der Waals surface area (Å²) in [5.41, 5.74) is 5.00. The second-order valence-corrected chi connectivity index (χ2v) is 15.4. The van der Waals surface area contributed by atoms with Gasteiger partial charge in [-0.05, 0) is 72.1 Å². The summed E-state index contributed by atoms with van der Waals surface area (Å²) in [6.45, 7) is 14.1. The van der Waals surface area contributed by atoms with E-state index in [2.05, 4.69) is 95.4 Å². The minimum atomic E-state index is -1.87. The molecule has 0 N–H and O–H groups in total. The zero-order valence-electron chi connectivity index (χ0n) is 20.9. The predicted octanol–water partition coefficient (Wildman–Crippen LogP) is 7.70. The molecule has 4 rings (SSSR count). The Kier molecular flexibility index (Phi) is 6.32. The molecule has 0 saturated carbocycles. The molecule has 3 aromatic rings. The van der Waals surface area contributed by atoms with E-state index in [0.717, 1.165) is 17.2 Å². The van der Waals surface area contributed by atoms with Crippen LogP contribution in [0.25, 0.3) is 0 Å². The first kappa shape index (κ1) is 23.4. The highest BCUT2D eigenvalue weighted by molar-refractivity contribution is 6.74. The molecule has 3 aromatic carbocycles. The van der Waals surface area contributed by atoms with Gasteiger partial charge in [-0.2, -0.15) is 0 Å². The van der Waals surface area contributed by atoms with Crippen molar-refractivity contribution in [1.29, 1.82) is 0 Å². The molecule has 2 atom stereocenters. The molecule has 1 heterocycles. The molecule has 0 saturated heterocycles. The van der Waals surface area contributed by atoms with E-state index in [1.165, 1.54) is 22.3 Å². The number of aryl methyl sites for hydroxylation is 1. The van der Waals surface area contributed by atoms with E-state index in [4.69, 9.17) is 13.9 Å². The van der Waals surface area contributed by atoms with Gasteiger partial charge in [0.1, 0.15) is 17.2 Å². The molecule has 0 fully saturated rings. The van der Waals surface area contributed by atoms with Crippen LogP contribution in [0.2, 0.25) is 18.1 Å². The lowest BCUT2D eigenvalue weighted by atomic mass is 9.75. The van der Waals surface area contributed by atoms with E-state index in [1.807, 2.05) is 12.1 Å². The molecule has 0 bridgehead atoms. The smallest absolute Gasteiger partial charge is 0.250 e. The van der Waals surface area contributed by atoms with Crippen molar-refractivity contribution in [2.45, 2.75) is 57.7 Å². The molecule has 2 unspecified atom stereocenters. The first-order chi connectivity index (χ1) is 15.6. The Morgan fingerprint density at radius 3 is 2.06 bits per heavy atom. The second-order valence-electron chi connectivity index (χ2n) is 10.6. The Balaban J connectivity index is 1.68. The van der Waals surface area contributed by atoms with Crippen LogP contribution in [0.4, 0.5) is 0 Å². The minimum absolute atomic E-state index is 0.171. The van der Waals surface area contributed by atoms with Gasteiger partial charge in [-0.3, -0.25) is 0 Å². The minimum Gasteiger partial charge on any atom is -0.544 e. The summed E-state index contributed by atoms with van der Waals surface area (Å²) in [6.07, 6.45) is 0. The number of rotatable bonds is 5. The van der Waals surface area contributed by atoms with Crippen LogP contribution in [0.15, 0.2) is 66.7 Å². The third-order valence-electron chi connectivity index (χ3n) is 7.29. The number of hydrogen-bond donors (Lipinski definition) is 0. The van der Waals surface area contributed by atoms with Gasteiger partial charge in [-0.1, -0.05) is 57.2 Å². The summed E-state index contributed by atoms with van der Waals surface area (Å²) >= 11 is 0. The quantitative estimate of drug-likeness (QED) is 0.365. The topological polar surface area (TPSA) is 27.7 Å². The highest BCUT2D eigenvalue weighted by Crippen LogP contribution is 2.47. The van der Waals surface area contributed by atoms with Gasteiger partial charge < -0.3 is 13.9 Å². The Bertz CT molecular complexity index is 1100. The summed E-state index contributed by atoms with van der Waals surface area (Å²) in [6, 6.07) is 23.7. The Morgan fingerprint density at radius 1 is 0.848 bits per heavy atom. The zero-order valence-corrected chi connectivity index (χ0v) is 21.9. The van der Waals surface area contributed by atoms with E-state index in [-0.39, 0.29) is 16.9 Å². The normalized spacial score (nSPS) is 18.3. The molecule has 33 heavy (non-hydrogen) atoms. The van der Waals surface area contributed by atoms with Gasteiger partial charge >= 0.3 is 0 Å². The van der Waals surface area contributed by atoms with Gasteiger partial charge in [0.15, 0.2) is 0 Å². The number of ether oxygens (including phenoxy) is 2. The fourth-order valence-corrected chi connectivity index (χ4v) is 5.29. The first-order valence-electron chi connectivity index (χ1n) is 11.8. The van der Waals surface area contributed by atoms with Crippen molar-refractivity contribution >= 4 is 8.32 Å². The summed E-state index contributed by atoms with van der Waals surface area (Å²) < 4.78 is 18.2. The van der Waals surface area contributed by atoms with Crippen molar-refractivity contribution in [2.75, 3.05) is 13.7 Å². The van der Waals surface area contributed by atoms with Crippen LogP contribution in [0.1, 0.15) is 54.9 Å². The van der Waals surface area contributed by atoms with Crippen LogP contribution in [0.3, 0.4) is 0 Å². The molecule has 0 aromatic heterocycles. The zero-order chi connectivity index (χ0) is 23.8. The standard InChI is InChI=1S/C29H36O3Si/c1-20-8-17-25-27(18-20)31-19-26(28(25)22-11-13-23(30-5)14-12-22)21-9-15-24(16-10-21)32-33(6,7)29(2,3)4/h8-18,26,28H,19H2,1-7H3. The summed E-state index contributed by atoms with van der Waals surface area (Å²) in [4.78, 5) is 0. The number of hydrogen-bond acceptors (Lipinski definition) is 3. The summed E-state index contributed by atoms with van der Waals surface area (Å²) in [7, 11) is -0.161. The molecule has 1 aliphatic heterocycles. The van der Waals surface area contributed by atoms with Crippen molar-refractivity contribution in [3.63, 3.8) is 0 Å². The largest absolute Gasteiger partial charge is 0.544 e. The third kappa shape index (κ3) is 4.81. The number of methoxy groups -OCH3 is 1. The van der Waals surface area contributed by atoms with E-state index in [0.29, 0.717) is 6.61 Å². The molecule has 174 valence electrons. The molecule has 1 aliphatic rings. The lowest BCUT2D eigenvalue weighted by molar-refractivity contribution is 0.249. The number of fused-ring (bicyclic) bond motifs is 1. The average molecular weight is 461 g/mol. The van der Waals surface area contributed by atoms with E-state index >= 15 is 0 Å². The van der Waals surface area contributed by atoms with Crippen molar-refractivity contribution < 1.29 is 13.9 Å². The summed E-state index contributed by atoms with van der Waals surface area (Å²) in [5, 5.41) is 0.171. The molecule has 0 amide bonds. The van der Waals surface area contributed by atoms with Gasteiger partial charge in [-0.15, -0.1) is 0 Å². The molecule has 0 aliphatic carbocycles. The van der Waals surface area contributed by atoms with Crippen LogP contribution in [-0.2, 0) is 0 Å². The lowest BCUT2D eigenvalue weighted by Crippen LogP contribution is -2.43. The second kappa shape index (κ2) is 8.90. The molecular formula is C29H36O3Si. The van der Waals surface area contributed by atoms with Gasteiger partial charge in [0.25, 0.3) is 0 Å². The Hall–Kier alpha value is -2.72. The summed E-state index contributed by atoms with van der Waals surface area (Å²) in [5.74, 6) is 3.26. The average Bonchev–Trinajstić information content (AvgIpc) is 2.78. The first-order valence-corrected chi connectivity index (χ1v) is 14.7. The lowest BCUT2D eigenvalue weighted by Gasteiger charge is -2.37. The van der Waals surface area contributed by atoms with Crippen molar-refractivity contribution in [1.82, 2.24) is 0 Å². The molecule has 0 spiro atoms. The van der Waals surface area contributed by atoms with Crippen LogP contribution in [-0.4, -0.2) is 22.0 Å². The molecule has 3 nitrogen and oxygen atoms in total. The third-order valence-corrected chi connectivity index (χ3v) is 11.6. The number of benzene rings is 3. The van der Waals surface area contributed by atoms with Crippen LogP contribution >= 0.6 is 0 Å². The SMILES string of the molecule is COc1ccc(C2c3ccc(C)cc3OCC2c2ccc(O[Si](C)(C)C(C)(C)C)cc2)cc1. The van der Waals surface area contributed by atoms with E-state index in [1.54, 1.807) is 7.11 Å². The fraction of sp³-hybridized carbons (Fsp3) is 0.379. The van der Waals surface area contributed by atoms with E-state index in [9.17, 15) is 0 Å². The van der Waals surface area contributed by atoms with Crippen molar-refractivity contribution in [3.8, 4) is 17.2 Å². The predicted molar refractivity (Wildman–Crippen MR) is 139 cm³/mol. The van der Waals surface area contributed by atoms with E-state index < -0.39 is 8.32 Å². The molecule has 4 heteroatoms. The van der Waals surface area contributed by atoms with Crippen molar-refractivity contribution in [2.24, 2.45) is 0 Å². The van der Waals surface area contributed by atoms with Crippen LogP contribution < -0.4 is 13.9 Å². The van der Waals surface area contributed by atoms with Crippen molar-refractivity contribution in [3.05, 3.63) is 89.0 Å². The Morgan fingerprint density at radius 2 is 1.45 bits per heavy atom. The fourth-order valence-electron chi connectivity index (χ4n) is 4.26. The van der Waals surface area contributed by atoms with Crippen LogP contribution in [0.5, 0.6) is 17.2 Å². The monoisotopic (exact) mass is 460 g/mol.